The summed E-state index contributed by atoms with van der Waals surface area (Å²) >= 11 is 4.63. The Morgan fingerprint density at radius 3 is 2.85 bits per heavy atom. The van der Waals surface area contributed by atoms with Gasteiger partial charge in [-0.25, -0.2) is 4.98 Å². The normalized spacial score (nSPS) is 27.1. The number of nitrogens with zero attached hydrogens (tertiary/aromatic N) is 2. The molecule has 34 heavy (non-hydrogen) atoms. The lowest BCUT2D eigenvalue weighted by atomic mass is 9.66. The number of aliphatic hydroxyl groups is 3. The van der Waals surface area contributed by atoms with Crippen LogP contribution in [0.25, 0.3) is 11.0 Å². The SMILES string of the molecule is NC(=NC(=O)c1cnc2[nH]ccc2c1N[C@H]1CC[C@]2(O)CC(S)C[C@H]1C2)C(=O)NC(CO)CO. The number of rotatable bonds is 6. The van der Waals surface area contributed by atoms with Crippen molar-refractivity contribution in [2.24, 2.45) is 16.6 Å². The Hall–Kier alpha value is -2.67. The Morgan fingerprint density at radius 1 is 1.35 bits per heavy atom. The van der Waals surface area contributed by atoms with Gasteiger partial charge in [-0.15, -0.1) is 0 Å². The maximum atomic E-state index is 13.0. The van der Waals surface area contributed by atoms with Gasteiger partial charge in [-0.3, -0.25) is 9.59 Å². The van der Waals surface area contributed by atoms with E-state index in [0.29, 0.717) is 36.0 Å². The second-order valence-electron chi connectivity index (χ2n) is 9.20. The van der Waals surface area contributed by atoms with Crippen LogP contribution in [0.15, 0.2) is 23.5 Å². The zero-order valence-corrected chi connectivity index (χ0v) is 19.5. The molecule has 2 heterocycles. The van der Waals surface area contributed by atoms with E-state index in [4.69, 9.17) is 15.9 Å². The summed E-state index contributed by atoms with van der Waals surface area (Å²) in [6.45, 7) is -0.979. The molecule has 2 aliphatic rings. The van der Waals surface area contributed by atoms with Crippen LogP contribution >= 0.6 is 12.6 Å². The number of thiol groups is 1. The molecule has 2 amide bonds. The van der Waals surface area contributed by atoms with Gasteiger partial charge in [0, 0.05) is 29.1 Å². The summed E-state index contributed by atoms with van der Waals surface area (Å²) in [4.78, 5) is 36.3. The predicted molar refractivity (Wildman–Crippen MR) is 130 cm³/mol. The molecule has 0 spiro atoms. The van der Waals surface area contributed by atoms with E-state index in [0.717, 1.165) is 12.8 Å². The zero-order chi connectivity index (χ0) is 24.5. The number of H-pyrrole nitrogens is 1. The number of carbonyl (C=O) groups excluding carboxylic acids is 2. The molecule has 8 N–H and O–H groups in total. The van der Waals surface area contributed by atoms with Gasteiger partial charge in [0.15, 0.2) is 5.84 Å². The van der Waals surface area contributed by atoms with Gasteiger partial charge in [0.2, 0.25) is 0 Å². The number of pyridine rings is 1. The second-order valence-corrected chi connectivity index (χ2v) is 9.93. The number of anilines is 1. The molecule has 2 fully saturated rings. The number of nitrogens with two attached hydrogens (primary N) is 1. The van der Waals surface area contributed by atoms with Crippen LogP contribution < -0.4 is 16.4 Å². The number of aliphatic imine (C=N–C) groups is 1. The van der Waals surface area contributed by atoms with Crippen molar-refractivity contribution in [1.29, 1.82) is 0 Å². The summed E-state index contributed by atoms with van der Waals surface area (Å²) in [6, 6.07) is 0.903. The standard InChI is InChI=1S/C22H30N6O5S/c23-18(21(32)26-12(9-29)10-30)28-20(31)15-8-25-19-14(2-4-24-19)17(15)27-16-1-3-22(33)6-11(16)5-13(34)7-22/h2,4,8,11-13,16,29-30,33-34H,1,3,5-7,9-10H2,(H,26,32)(H2,23,28,31)(H2,24,25,27)/t11-,13?,16-,22+/m0/s1. The highest BCUT2D eigenvalue weighted by molar-refractivity contribution is 7.80. The van der Waals surface area contributed by atoms with Crippen molar-refractivity contribution in [2.45, 2.75) is 55.0 Å². The van der Waals surface area contributed by atoms with Crippen LogP contribution in [0.2, 0.25) is 0 Å². The third-order valence-electron chi connectivity index (χ3n) is 6.70. The number of aliphatic hydroxyl groups excluding tert-OH is 2. The number of amides is 2. The number of nitrogens with one attached hydrogen (secondary N) is 3. The van der Waals surface area contributed by atoms with E-state index in [1.807, 2.05) is 0 Å². The lowest BCUT2D eigenvalue weighted by Crippen LogP contribution is -2.50. The molecule has 11 nitrogen and oxygen atoms in total. The first-order chi connectivity index (χ1) is 16.2. The molecule has 0 radical (unpaired) electrons. The molecule has 2 aliphatic carbocycles. The smallest absolute Gasteiger partial charge is 0.287 e. The summed E-state index contributed by atoms with van der Waals surface area (Å²) in [5, 5.41) is 35.7. The molecule has 0 aromatic carbocycles. The van der Waals surface area contributed by atoms with Gasteiger partial charge in [0.05, 0.1) is 36.1 Å². The number of fused-ring (bicyclic) bond motifs is 3. The first kappa shape index (κ1) is 24.5. The van der Waals surface area contributed by atoms with Crippen LogP contribution in [0, 0.1) is 5.92 Å². The molecule has 2 aromatic rings. The highest BCUT2D eigenvalue weighted by Gasteiger charge is 2.45. The predicted octanol–water partition coefficient (Wildman–Crippen LogP) is -0.0664. The third-order valence-corrected chi connectivity index (χ3v) is 7.09. The van der Waals surface area contributed by atoms with E-state index < -0.39 is 42.5 Å². The molecule has 2 aromatic heterocycles. The minimum absolute atomic E-state index is 0.0155. The van der Waals surface area contributed by atoms with E-state index in [9.17, 15) is 14.7 Å². The zero-order valence-electron chi connectivity index (χ0n) is 18.6. The molecule has 0 aliphatic heterocycles. The van der Waals surface area contributed by atoms with Gasteiger partial charge >= 0.3 is 0 Å². The minimum atomic E-state index is -0.914. The fourth-order valence-electron chi connectivity index (χ4n) is 5.03. The maximum absolute atomic E-state index is 13.0. The van der Waals surface area contributed by atoms with Crippen LogP contribution in [0.1, 0.15) is 42.5 Å². The van der Waals surface area contributed by atoms with Crippen molar-refractivity contribution in [3.63, 3.8) is 0 Å². The molecular formula is C22H30N6O5S. The van der Waals surface area contributed by atoms with Gasteiger partial charge in [-0.05, 0) is 44.1 Å². The summed E-state index contributed by atoms with van der Waals surface area (Å²) in [5.74, 6) is -2.03. The van der Waals surface area contributed by atoms with Crippen LogP contribution in [-0.2, 0) is 4.79 Å². The van der Waals surface area contributed by atoms with Crippen LogP contribution in [0.4, 0.5) is 5.69 Å². The lowest BCUT2D eigenvalue weighted by Gasteiger charge is -2.48. The minimum Gasteiger partial charge on any atom is -0.394 e. The molecule has 2 bridgehead atoms. The molecule has 2 saturated carbocycles. The summed E-state index contributed by atoms with van der Waals surface area (Å²) in [7, 11) is 0. The largest absolute Gasteiger partial charge is 0.394 e. The van der Waals surface area contributed by atoms with Crippen molar-refractivity contribution in [3.05, 3.63) is 24.0 Å². The molecule has 12 heteroatoms. The number of amidine groups is 1. The van der Waals surface area contributed by atoms with Gasteiger partial charge in [0.1, 0.15) is 5.65 Å². The number of carbonyl (C=O) groups is 2. The lowest BCUT2D eigenvalue weighted by molar-refractivity contribution is -0.116. The summed E-state index contributed by atoms with van der Waals surface area (Å²) < 4.78 is 0. The number of hydrogen-bond acceptors (Lipinski definition) is 8. The highest BCUT2D eigenvalue weighted by Crippen LogP contribution is 2.45. The number of aromatic amines is 1. The topological polar surface area (TPSA) is 186 Å². The Balaban J connectivity index is 1.61. The number of aromatic nitrogens is 2. The quantitative estimate of drug-likeness (QED) is 0.157. The molecule has 0 saturated heterocycles. The first-order valence-corrected chi connectivity index (χ1v) is 11.8. The average molecular weight is 491 g/mol. The van der Waals surface area contributed by atoms with E-state index >= 15 is 0 Å². The van der Waals surface area contributed by atoms with E-state index in [1.54, 1.807) is 12.3 Å². The van der Waals surface area contributed by atoms with Gasteiger partial charge in [-0.2, -0.15) is 17.6 Å². The van der Waals surface area contributed by atoms with Gasteiger partial charge in [-0.1, -0.05) is 0 Å². The Morgan fingerprint density at radius 2 is 2.12 bits per heavy atom. The molecule has 4 atom stereocenters. The highest BCUT2D eigenvalue weighted by atomic mass is 32.1. The number of hydrogen-bond donors (Lipinski definition) is 8. The van der Waals surface area contributed by atoms with Gasteiger partial charge < -0.3 is 36.7 Å². The molecule has 184 valence electrons. The van der Waals surface area contributed by atoms with Crippen molar-refractivity contribution in [1.82, 2.24) is 15.3 Å². The third kappa shape index (κ3) is 5.04. The molecular weight excluding hydrogens is 460 g/mol. The average Bonchev–Trinajstić information content (AvgIpc) is 3.27. The van der Waals surface area contributed by atoms with E-state index in [-0.39, 0.29) is 22.8 Å². The van der Waals surface area contributed by atoms with E-state index in [2.05, 4.69) is 38.2 Å². The molecule has 4 rings (SSSR count). The fourth-order valence-corrected chi connectivity index (χ4v) is 5.64. The summed E-state index contributed by atoms with van der Waals surface area (Å²) in [5.41, 5.74) is 6.29. The fraction of sp³-hybridized carbons (Fsp3) is 0.545. The summed E-state index contributed by atoms with van der Waals surface area (Å²) in [6.07, 6.45) is 6.69. The first-order valence-electron chi connectivity index (χ1n) is 11.3. The van der Waals surface area contributed by atoms with Gasteiger partial charge in [0.25, 0.3) is 11.8 Å². The Labute approximate surface area is 201 Å². The molecule has 1 unspecified atom stereocenters. The monoisotopic (exact) mass is 490 g/mol. The Bertz CT molecular complexity index is 1100. The van der Waals surface area contributed by atoms with Crippen LogP contribution in [-0.4, -0.2) is 79.1 Å². The maximum Gasteiger partial charge on any atom is 0.287 e. The second kappa shape index (κ2) is 9.90. The van der Waals surface area contributed by atoms with Crippen molar-refractivity contribution >= 4 is 47.0 Å². The van der Waals surface area contributed by atoms with Crippen molar-refractivity contribution in [3.8, 4) is 0 Å². The van der Waals surface area contributed by atoms with Crippen LogP contribution in [0.5, 0.6) is 0 Å². The van der Waals surface area contributed by atoms with Crippen LogP contribution in [0.3, 0.4) is 0 Å². The van der Waals surface area contributed by atoms with E-state index in [1.165, 1.54) is 6.20 Å². The van der Waals surface area contributed by atoms with Crippen molar-refractivity contribution in [2.75, 3.05) is 18.5 Å². The van der Waals surface area contributed by atoms with Crippen molar-refractivity contribution < 1.29 is 24.9 Å². The Kier molecular flexibility index (Phi) is 7.12.